The molecule has 1 heterocycles. The molecule has 3 N–H and O–H groups in total. The maximum Gasteiger partial charge on any atom is 0.573 e. The maximum absolute atomic E-state index is 12.2. The van der Waals surface area contributed by atoms with Crippen LogP contribution in [0.25, 0.3) is 0 Å². The highest BCUT2D eigenvalue weighted by atomic mass is 32.2. The molecule has 7 nitrogen and oxygen atoms in total. The Bertz CT molecular complexity index is 1350. The fourth-order valence-electron chi connectivity index (χ4n) is 2.92. The van der Waals surface area contributed by atoms with Gasteiger partial charge in [-0.1, -0.05) is 24.3 Å². The van der Waals surface area contributed by atoms with Gasteiger partial charge in [0.1, 0.15) is 5.75 Å². The smallest absolute Gasteiger partial charge is 0.406 e. The molecule has 2 aromatic carbocycles. The highest BCUT2D eigenvalue weighted by molar-refractivity contribution is 7.86. The minimum absolute atomic E-state index is 0.216. The fraction of sp³-hybridized carbons (Fsp3) is 0.261. The van der Waals surface area contributed by atoms with Crippen LogP contribution in [-0.2, 0) is 29.5 Å². The highest BCUT2D eigenvalue weighted by Gasteiger charge is 2.44. The third-order valence-corrected chi connectivity index (χ3v) is 5.29. The van der Waals surface area contributed by atoms with Crippen molar-refractivity contribution < 1.29 is 44.0 Å². The predicted octanol–water partition coefficient (Wildman–Crippen LogP) is 5.40. The quantitative estimate of drug-likeness (QED) is 0.242. The molecule has 0 aliphatic heterocycles. The molecule has 0 saturated heterocycles. The van der Waals surface area contributed by atoms with E-state index in [1.165, 1.54) is 12.1 Å². The van der Waals surface area contributed by atoms with Crippen LogP contribution < -0.4 is 15.8 Å². The van der Waals surface area contributed by atoms with E-state index in [4.69, 9.17) is 18.7 Å². The Labute approximate surface area is 208 Å². The molecule has 202 valence electrons. The lowest BCUT2D eigenvalue weighted by molar-refractivity contribution is -0.274. The molecule has 0 saturated carbocycles. The van der Waals surface area contributed by atoms with E-state index in [1.54, 1.807) is 12.1 Å². The number of pyridine rings is 1. The first-order chi connectivity index (χ1) is 17.1. The first kappa shape index (κ1) is 29.7. The molecule has 0 aliphatic rings. The lowest BCUT2D eigenvalue weighted by Gasteiger charge is -2.09. The zero-order valence-electron chi connectivity index (χ0n) is 19.3. The van der Waals surface area contributed by atoms with Crippen molar-refractivity contribution in [2.24, 2.45) is 4.99 Å². The lowest BCUT2D eigenvalue weighted by atomic mass is 10.0. The zero-order valence-corrected chi connectivity index (χ0v) is 20.1. The number of aryl methyl sites for hydroxylation is 3. The predicted molar refractivity (Wildman–Crippen MR) is 124 cm³/mol. The first-order valence-corrected chi connectivity index (χ1v) is 12.0. The number of halogens is 6. The van der Waals surface area contributed by atoms with Crippen LogP contribution in [0.15, 0.2) is 72.0 Å². The Kier molecular flexibility index (Phi) is 9.75. The van der Waals surface area contributed by atoms with Gasteiger partial charge in [-0.15, -0.1) is 13.2 Å². The summed E-state index contributed by atoms with van der Waals surface area (Å²) in [6.07, 6.45) is 0.549. The van der Waals surface area contributed by atoms with Gasteiger partial charge in [0, 0.05) is 18.9 Å². The molecule has 0 unspecified atom stereocenters. The van der Waals surface area contributed by atoms with Crippen molar-refractivity contribution in [2.45, 2.75) is 38.2 Å². The first-order valence-electron chi connectivity index (χ1n) is 10.5. The molecule has 0 bridgehead atoms. The Balaban J connectivity index is 0.000000521. The second kappa shape index (κ2) is 12.1. The van der Waals surface area contributed by atoms with E-state index in [9.17, 15) is 26.3 Å². The Morgan fingerprint density at radius 1 is 0.973 bits per heavy atom. The van der Waals surface area contributed by atoms with E-state index in [2.05, 4.69) is 9.73 Å². The fourth-order valence-corrected chi connectivity index (χ4v) is 2.92. The number of nitrogen functional groups attached to an aromatic ring is 1. The van der Waals surface area contributed by atoms with Crippen LogP contribution >= 0.6 is 0 Å². The topological polar surface area (TPSA) is 107 Å². The maximum atomic E-state index is 12.2. The van der Waals surface area contributed by atoms with Crippen molar-refractivity contribution in [2.75, 3.05) is 5.73 Å². The van der Waals surface area contributed by atoms with Crippen LogP contribution in [0, 0.1) is 0 Å². The molecule has 3 aromatic rings. The molecule has 0 fully saturated rings. The van der Waals surface area contributed by atoms with Crippen LogP contribution in [0.4, 0.5) is 37.7 Å². The molecule has 1 aromatic heterocycles. The van der Waals surface area contributed by atoms with Crippen molar-refractivity contribution in [1.82, 2.24) is 4.57 Å². The molecule has 0 atom stereocenters. The largest absolute Gasteiger partial charge is 0.573 e. The number of hydrogen-bond acceptors (Lipinski definition) is 5. The van der Waals surface area contributed by atoms with Crippen LogP contribution in [0.5, 0.6) is 5.75 Å². The second-order valence-corrected chi connectivity index (χ2v) is 8.92. The molecule has 0 amide bonds. The van der Waals surface area contributed by atoms with E-state index >= 15 is 0 Å². The number of nitrogens with zero attached hydrogens (tertiary/aromatic N) is 2. The number of anilines is 1. The lowest BCUT2D eigenvalue weighted by Crippen LogP contribution is -2.21. The Morgan fingerprint density at radius 3 is 2.08 bits per heavy atom. The normalized spacial score (nSPS) is 12.6. The van der Waals surface area contributed by atoms with E-state index in [0.717, 1.165) is 29.8 Å². The number of benzene rings is 2. The molecular formula is C23H23F6N3O4S. The summed E-state index contributed by atoms with van der Waals surface area (Å²) in [6.45, 7) is 2.87. The van der Waals surface area contributed by atoms with Crippen molar-refractivity contribution in [3.8, 4) is 5.75 Å². The number of aromatic nitrogens is 1. The van der Waals surface area contributed by atoms with Gasteiger partial charge in [-0.05, 0) is 61.2 Å². The minimum Gasteiger partial charge on any atom is -0.406 e. The highest BCUT2D eigenvalue weighted by Crippen LogP contribution is 2.23. The summed E-state index contributed by atoms with van der Waals surface area (Å²) in [5, 5.41) is 0.715. The summed E-state index contributed by atoms with van der Waals surface area (Å²) >= 11 is 0. The summed E-state index contributed by atoms with van der Waals surface area (Å²) in [7, 11) is -5.84. The number of hydrogen-bond donors (Lipinski definition) is 2. The summed E-state index contributed by atoms with van der Waals surface area (Å²) in [4.78, 5) is 4.62. The number of ether oxygens (including phenoxy) is 1. The molecule has 0 radical (unpaired) electrons. The summed E-state index contributed by atoms with van der Waals surface area (Å²) in [6, 6.07) is 15.7. The number of alkyl halides is 6. The standard InChI is InChI=1S/C22H22F3N3O.CHF3O3S/c1-2-28-13-12-21(20(26)15-28)27-18-5-3-4-17(14-18)7-6-16-8-10-19(11-9-16)29-22(23,24)25;2-1(3,4)8(5,6)7/h3-5,8-15H,2,6-7,26H2,1H3;(H,5,6,7). The van der Waals surface area contributed by atoms with Gasteiger partial charge in [0.25, 0.3) is 0 Å². The van der Waals surface area contributed by atoms with E-state index in [0.29, 0.717) is 17.5 Å². The van der Waals surface area contributed by atoms with E-state index in [1.807, 2.05) is 54.2 Å². The van der Waals surface area contributed by atoms with Crippen molar-refractivity contribution in [3.63, 3.8) is 0 Å². The van der Waals surface area contributed by atoms with Gasteiger partial charge in [-0.2, -0.15) is 21.6 Å². The Morgan fingerprint density at radius 2 is 1.57 bits per heavy atom. The molecule has 0 aliphatic carbocycles. The van der Waals surface area contributed by atoms with Crippen molar-refractivity contribution in [3.05, 3.63) is 83.5 Å². The number of nitrogens with two attached hydrogens (primary N) is 1. The van der Waals surface area contributed by atoms with E-state index in [-0.39, 0.29) is 5.75 Å². The molecular weight excluding hydrogens is 528 g/mol. The minimum atomic E-state index is -5.84. The third-order valence-electron chi connectivity index (χ3n) is 4.70. The average molecular weight is 552 g/mol. The summed E-state index contributed by atoms with van der Waals surface area (Å²) < 4.78 is 100. The van der Waals surface area contributed by atoms with Gasteiger partial charge in [0.05, 0.1) is 16.7 Å². The average Bonchev–Trinajstić information content (AvgIpc) is 2.78. The summed E-state index contributed by atoms with van der Waals surface area (Å²) in [5.41, 5.74) is 3.97. The molecule has 0 spiro atoms. The van der Waals surface area contributed by atoms with Gasteiger partial charge in [-0.3, -0.25) is 4.55 Å². The third kappa shape index (κ3) is 10.2. The van der Waals surface area contributed by atoms with Crippen molar-refractivity contribution >= 4 is 21.5 Å². The molecule has 37 heavy (non-hydrogen) atoms. The second-order valence-electron chi connectivity index (χ2n) is 7.51. The van der Waals surface area contributed by atoms with Crippen LogP contribution in [0.1, 0.15) is 18.1 Å². The Hall–Kier alpha value is -3.52. The summed E-state index contributed by atoms with van der Waals surface area (Å²) in [5.74, 6) is -0.216. The molecule has 3 rings (SSSR count). The van der Waals surface area contributed by atoms with Gasteiger partial charge in [0.2, 0.25) is 0 Å². The van der Waals surface area contributed by atoms with Crippen LogP contribution in [0.2, 0.25) is 0 Å². The van der Waals surface area contributed by atoms with Crippen LogP contribution in [0.3, 0.4) is 0 Å². The molecule has 14 heteroatoms. The van der Waals surface area contributed by atoms with E-state index < -0.39 is 22.0 Å². The van der Waals surface area contributed by atoms with Gasteiger partial charge in [-0.25, -0.2) is 4.99 Å². The van der Waals surface area contributed by atoms with Crippen LogP contribution in [-0.4, -0.2) is 29.4 Å². The monoisotopic (exact) mass is 551 g/mol. The van der Waals surface area contributed by atoms with Gasteiger partial charge >= 0.3 is 22.0 Å². The van der Waals surface area contributed by atoms with Gasteiger partial charge < -0.3 is 15.0 Å². The SMILES string of the molecule is CCn1ccc(=Nc2cccc(CCc3ccc(OC(F)(F)F)cc3)c2)c(N)c1.O=S(=O)(O)C(F)(F)F. The van der Waals surface area contributed by atoms with Crippen molar-refractivity contribution in [1.29, 1.82) is 0 Å². The van der Waals surface area contributed by atoms with Gasteiger partial charge in [0.15, 0.2) is 0 Å². The number of rotatable bonds is 6. The zero-order chi connectivity index (χ0) is 27.9.